The van der Waals surface area contributed by atoms with Gasteiger partial charge in [0.1, 0.15) is 5.78 Å². The molecule has 4 aliphatic carbocycles. The summed E-state index contributed by atoms with van der Waals surface area (Å²) < 4.78 is 0. The zero-order chi connectivity index (χ0) is 14.6. The number of hydrogen-bond acceptors (Lipinski definition) is 1. The van der Waals surface area contributed by atoms with Gasteiger partial charge in [-0.3, -0.25) is 4.79 Å². The van der Waals surface area contributed by atoms with Crippen LogP contribution >= 0.6 is 0 Å². The standard InChI is InChI=1S/C20H30O/c1-3-14-5-9-19-18-7-4-13-12-15(21)6-8-16(13)17(18)10-11-20(14,19)2/h3,13,16-19H,4-12H2,1-2H3/b14-3-/t13-,16?,17+,18+,19-,20+/m0/s1. The van der Waals surface area contributed by atoms with Crippen molar-refractivity contribution in [2.24, 2.45) is 35.0 Å². The molecule has 0 spiro atoms. The largest absolute Gasteiger partial charge is 0.300 e. The van der Waals surface area contributed by atoms with Crippen LogP contribution in [0.25, 0.3) is 0 Å². The molecule has 21 heavy (non-hydrogen) atoms. The van der Waals surface area contributed by atoms with Crippen LogP contribution < -0.4 is 0 Å². The third-order valence-corrected chi connectivity index (χ3v) is 7.96. The molecule has 0 amide bonds. The molecule has 0 aliphatic heterocycles. The second kappa shape index (κ2) is 4.96. The SMILES string of the molecule is C/C=C1/CC[C@H]2[C@@H]3CC[C@H]4CC(=O)CCC4[C@H]3CC[C@]12C. The van der Waals surface area contributed by atoms with Crippen molar-refractivity contribution >= 4 is 5.78 Å². The number of carbonyl (C=O) groups is 1. The van der Waals surface area contributed by atoms with Gasteiger partial charge in [0.05, 0.1) is 0 Å². The normalized spacial score (nSPS) is 51.4. The van der Waals surface area contributed by atoms with Gasteiger partial charge in [-0.25, -0.2) is 0 Å². The lowest BCUT2D eigenvalue weighted by molar-refractivity contribution is -0.126. The number of ketones is 1. The topological polar surface area (TPSA) is 17.1 Å². The van der Waals surface area contributed by atoms with Crippen LogP contribution in [0.4, 0.5) is 0 Å². The molecule has 0 heterocycles. The van der Waals surface area contributed by atoms with Crippen LogP contribution in [0.2, 0.25) is 0 Å². The van der Waals surface area contributed by atoms with Crippen LogP contribution in [0.3, 0.4) is 0 Å². The maximum Gasteiger partial charge on any atom is 0.133 e. The highest BCUT2D eigenvalue weighted by Gasteiger charge is 2.54. The molecule has 1 unspecified atom stereocenters. The van der Waals surface area contributed by atoms with E-state index in [4.69, 9.17) is 0 Å². The van der Waals surface area contributed by atoms with E-state index in [0.29, 0.717) is 11.2 Å². The van der Waals surface area contributed by atoms with Gasteiger partial charge in [-0.15, -0.1) is 0 Å². The summed E-state index contributed by atoms with van der Waals surface area (Å²) in [7, 11) is 0. The Morgan fingerprint density at radius 1 is 1.00 bits per heavy atom. The van der Waals surface area contributed by atoms with E-state index in [1.54, 1.807) is 5.57 Å². The number of hydrogen-bond donors (Lipinski definition) is 0. The van der Waals surface area contributed by atoms with Gasteiger partial charge in [0, 0.05) is 12.8 Å². The lowest BCUT2D eigenvalue weighted by atomic mass is 9.50. The van der Waals surface area contributed by atoms with Crippen molar-refractivity contribution in [1.82, 2.24) is 0 Å². The molecule has 0 aromatic carbocycles. The first-order valence-corrected chi connectivity index (χ1v) is 9.31. The molecule has 0 aromatic rings. The fraction of sp³-hybridized carbons (Fsp3) is 0.850. The lowest BCUT2D eigenvalue weighted by Crippen LogP contribution is -2.47. The van der Waals surface area contributed by atoms with Crippen LogP contribution in [-0.2, 0) is 4.79 Å². The Labute approximate surface area is 129 Å². The number of allylic oxidation sites excluding steroid dienone is 2. The van der Waals surface area contributed by atoms with Crippen LogP contribution in [0.15, 0.2) is 11.6 Å². The third-order valence-electron chi connectivity index (χ3n) is 7.96. The van der Waals surface area contributed by atoms with Crippen molar-refractivity contribution in [3.63, 3.8) is 0 Å². The summed E-state index contributed by atoms with van der Waals surface area (Å²) in [5, 5.41) is 0. The van der Waals surface area contributed by atoms with Gasteiger partial charge in [0.25, 0.3) is 0 Å². The summed E-state index contributed by atoms with van der Waals surface area (Å²) >= 11 is 0. The Balaban J connectivity index is 1.59. The van der Waals surface area contributed by atoms with Crippen molar-refractivity contribution in [2.75, 3.05) is 0 Å². The number of fused-ring (bicyclic) bond motifs is 5. The van der Waals surface area contributed by atoms with Crippen LogP contribution in [0, 0.1) is 35.0 Å². The summed E-state index contributed by atoms with van der Waals surface area (Å²) in [6.07, 6.45) is 13.8. The highest BCUT2D eigenvalue weighted by Crippen LogP contribution is 2.63. The Morgan fingerprint density at radius 3 is 2.67 bits per heavy atom. The summed E-state index contributed by atoms with van der Waals surface area (Å²) in [6.45, 7) is 4.81. The van der Waals surface area contributed by atoms with Crippen molar-refractivity contribution < 1.29 is 4.79 Å². The second-order valence-electron chi connectivity index (χ2n) is 8.53. The molecular weight excluding hydrogens is 256 g/mol. The van der Waals surface area contributed by atoms with Crippen molar-refractivity contribution in [2.45, 2.75) is 71.6 Å². The minimum absolute atomic E-state index is 0.521. The average Bonchev–Trinajstić information content (AvgIpc) is 2.83. The van der Waals surface area contributed by atoms with E-state index in [1.165, 1.54) is 44.9 Å². The van der Waals surface area contributed by atoms with E-state index in [0.717, 1.165) is 42.4 Å². The summed E-state index contributed by atoms with van der Waals surface area (Å²) in [5.41, 5.74) is 2.28. The van der Waals surface area contributed by atoms with Crippen LogP contribution in [0.1, 0.15) is 71.6 Å². The van der Waals surface area contributed by atoms with E-state index in [-0.39, 0.29) is 0 Å². The maximum absolute atomic E-state index is 11.8. The molecule has 4 aliphatic rings. The Kier molecular flexibility index (Phi) is 3.32. The molecular formula is C20H30O. The van der Waals surface area contributed by atoms with Crippen molar-refractivity contribution in [1.29, 1.82) is 0 Å². The van der Waals surface area contributed by atoms with E-state index in [1.807, 2.05) is 0 Å². The molecule has 116 valence electrons. The average molecular weight is 286 g/mol. The third kappa shape index (κ3) is 1.99. The first-order valence-electron chi connectivity index (χ1n) is 9.31. The molecule has 0 N–H and O–H groups in total. The fourth-order valence-corrected chi connectivity index (χ4v) is 6.98. The minimum atomic E-state index is 0.521. The van der Waals surface area contributed by atoms with E-state index < -0.39 is 0 Å². The van der Waals surface area contributed by atoms with Crippen molar-refractivity contribution in [3.05, 3.63) is 11.6 Å². The number of carbonyl (C=O) groups excluding carboxylic acids is 1. The minimum Gasteiger partial charge on any atom is -0.300 e. The van der Waals surface area contributed by atoms with E-state index in [9.17, 15) is 4.79 Å². The molecule has 4 fully saturated rings. The molecule has 0 aromatic heterocycles. The molecule has 0 saturated heterocycles. The Bertz CT molecular complexity index is 476. The molecule has 0 bridgehead atoms. The van der Waals surface area contributed by atoms with Crippen molar-refractivity contribution in [3.8, 4) is 0 Å². The summed E-state index contributed by atoms with van der Waals surface area (Å²) in [6, 6.07) is 0. The quantitative estimate of drug-likeness (QED) is 0.562. The van der Waals surface area contributed by atoms with Gasteiger partial charge in [-0.2, -0.15) is 0 Å². The smallest absolute Gasteiger partial charge is 0.133 e. The Morgan fingerprint density at radius 2 is 1.86 bits per heavy atom. The summed E-state index contributed by atoms with van der Waals surface area (Å²) in [4.78, 5) is 11.8. The van der Waals surface area contributed by atoms with E-state index >= 15 is 0 Å². The molecule has 4 saturated carbocycles. The fourth-order valence-electron chi connectivity index (χ4n) is 6.98. The molecule has 1 nitrogen and oxygen atoms in total. The predicted molar refractivity (Wildman–Crippen MR) is 85.9 cm³/mol. The van der Waals surface area contributed by atoms with E-state index in [2.05, 4.69) is 19.9 Å². The molecule has 4 rings (SSSR count). The van der Waals surface area contributed by atoms with Crippen LogP contribution in [0.5, 0.6) is 0 Å². The first kappa shape index (κ1) is 14.0. The highest BCUT2D eigenvalue weighted by atomic mass is 16.1. The number of Topliss-reactive ketones (excluding diaryl/α,β-unsaturated/α-hetero) is 1. The summed E-state index contributed by atoms with van der Waals surface area (Å²) in [5.74, 6) is 5.05. The predicted octanol–water partition coefficient (Wildman–Crippen LogP) is 5.15. The molecule has 1 heteroatoms. The first-order chi connectivity index (χ1) is 10.1. The van der Waals surface area contributed by atoms with Gasteiger partial charge in [-0.1, -0.05) is 18.6 Å². The van der Waals surface area contributed by atoms with Crippen LogP contribution in [-0.4, -0.2) is 5.78 Å². The molecule has 6 atom stereocenters. The number of rotatable bonds is 0. The lowest BCUT2D eigenvalue weighted by Gasteiger charge is -2.54. The zero-order valence-corrected chi connectivity index (χ0v) is 13.7. The van der Waals surface area contributed by atoms with Gasteiger partial charge >= 0.3 is 0 Å². The van der Waals surface area contributed by atoms with Gasteiger partial charge in [-0.05, 0) is 86.9 Å². The Hall–Kier alpha value is -0.590. The van der Waals surface area contributed by atoms with Gasteiger partial charge in [0.2, 0.25) is 0 Å². The second-order valence-corrected chi connectivity index (χ2v) is 8.53. The maximum atomic E-state index is 11.8. The zero-order valence-electron chi connectivity index (χ0n) is 13.7. The molecule has 0 radical (unpaired) electrons. The van der Waals surface area contributed by atoms with Gasteiger partial charge < -0.3 is 0 Å². The van der Waals surface area contributed by atoms with Gasteiger partial charge in [0.15, 0.2) is 0 Å². The monoisotopic (exact) mass is 286 g/mol. The highest BCUT2D eigenvalue weighted by molar-refractivity contribution is 5.79.